The number of hydrogen-bond donors (Lipinski definition) is 1. The minimum Gasteiger partial charge on any atom is -0.441 e. The number of oxazole rings is 1. The van der Waals surface area contributed by atoms with E-state index >= 15 is 0 Å². The second kappa shape index (κ2) is 9.19. The van der Waals surface area contributed by atoms with E-state index in [1.54, 1.807) is 6.20 Å². The number of nitrogens with one attached hydrogen (secondary N) is 1. The minimum atomic E-state index is 0.189. The largest absolute Gasteiger partial charge is 0.441 e. The van der Waals surface area contributed by atoms with Gasteiger partial charge in [0.05, 0.1) is 11.2 Å². The van der Waals surface area contributed by atoms with Crippen molar-refractivity contribution in [2.24, 2.45) is 5.92 Å². The molecule has 0 aliphatic carbocycles. The molecule has 1 N–H and O–H groups in total. The molecule has 0 saturated carbocycles. The number of carbonyl (C=O) groups excluding carboxylic acids is 1. The maximum Gasteiger partial charge on any atom is 0.223 e. The number of likely N-dealkylation sites (tertiary alicyclic amines) is 1. The van der Waals surface area contributed by atoms with Crippen molar-refractivity contribution < 1.29 is 9.21 Å². The predicted molar refractivity (Wildman–Crippen MR) is 103 cm³/mol. The number of amides is 1. The Balaban J connectivity index is 1.48. The van der Waals surface area contributed by atoms with Crippen LogP contribution in [0.4, 0.5) is 0 Å². The van der Waals surface area contributed by atoms with Crippen molar-refractivity contribution in [3.8, 4) is 11.3 Å². The number of carbonyl (C=O) groups is 1. The average molecular weight is 376 g/mol. The third-order valence-corrected chi connectivity index (χ3v) is 5.35. The number of benzene rings is 1. The van der Waals surface area contributed by atoms with Gasteiger partial charge in [0.15, 0.2) is 11.7 Å². The number of hydrogen-bond acceptors (Lipinski definition) is 4. The van der Waals surface area contributed by atoms with E-state index in [9.17, 15) is 4.79 Å². The van der Waals surface area contributed by atoms with Crippen LogP contribution in [-0.2, 0) is 11.2 Å². The summed E-state index contributed by atoms with van der Waals surface area (Å²) < 4.78 is 5.78. The summed E-state index contributed by atoms with van der Waals surface area (Å²) in [5.41, 5.74) is 0.822. The first-order chi connectivity index (χ1) is 12.7. The van der Waals surface area contributed by atoms with E-state index in [4.69, 9.17) is 16.0 Å². The lowest BCUT2D eigenvalue weighted by molar-refractivity contribution is -0.132. The molecule has 1 saturated heterocycles. The number of aromatic nitrogens is 1. The first-order valence-corrected chi connectivity index (χ1v) is 9.67. The molecule has 1 aliphatic heterocycles. The van der Waals surface area contributed by atoms with Gasteiger partial charge in [-0.2, -0.15) is 0 Å². The fraction of sp³-hybridized carbons (Fsp3) is 0.500. The number of piperidine rings is 1. The van der Waals surface area contributed by atoms with Gasteiger partial charge in [-0.3, -0.25) is 4.79 Å². The highest BCUT2D eigenvalue weighted by Gasteiger charge is 2.22. The molecule has 26 heavy (non-hydrogen) atoms. The summed E-state index contributed by atoms with van der Waals surface area (Å²) in [5.74, 6) is 2.14. The van der Waals surface area contributed by atoms with Crippen LogP contribution in [0.1, 0.15) is 31.6 Å². The fourth-order valence-corrected chi connectivity index (χ4v) is 3.63. The van der Waals surface area contributed by atoms with Crippen molar-refractivity contribution in [1.82, 2.24) is 15.2 Å². The maximum atomic E-state index is 12.4. The number of aryl methyl sites for hydroxylation is 1. The van der Waals surface area contributed by atoms with Crippen LogP contribution < -0.4 is 5.32 Å². The Morgan fingerprint density at radius 1 is 1.35 bits per heavy atom. The highest BCUT2D eigenvalue weighted by atomic mass is 35.5. The standard InChI is InChI=1S/C20H26ClN3O2/c1-22-11-8-15-9-12-24(13-10-15)20(25)7-6-19-23-14-18(26-19)16-4-2-3-5-17(16)21/h2-5,14-15,22H,6-13H2,1H3. The van der Waals surface area contributed by atoms with Gasteiger partial charge in [0.25, 0.3) is 0 Å². The summed E-state index contributed by atoms with van der Waals surface area (Å²) in [6.45, 7) is 2.78. The van der Waals surface area contributed by atoms with Crippen LogP contribution in [-0.4, -0.2) is 42.5 Å². The molecule has 0 spiro atoms. The lowest BCUT2D eigenvalue weighted by Gasteiger charge is -2.32. The van der Waals surface area contributed by atoms with Gasteiger partial charge in [0.2, 0.25) is 5.91 Å². The molecule has 0 bridgehead atoms. The van der Waals surface area contributed by atoms with E-state index < -0.39 is 0 Å². The number of rotatable bonds is 7. The number of halogens is 1. The summed E-state index contributed by atoms with van der Waals surface area (Å²) in [7, 11) is 1.98. The first kappa shape index (κ1) is 18.9. The van der Waals surface area contributed by atoms with Crippen molar-refractivity contribution in [3.63, 3.8) is 0 Å². The summed E-state index contributed by atoms with van der Waals surface area (Å²) in [5, 5.41) is 3.83. The Morgan fingerprint density at radius 3 is 2.85 bits per heavy atom. The Kier molecular flexibility index (Phi) is 6.69. The van der Waals surface area contributed by atoms with Crippen LogP contribution in [0.25, 0.3) is 11.3 Å². The Labute approximate surface area is 159 Å². The van der Waals surface area contributed by atoms with Crippen LogP contribution in [0, 0.1) is 5.92 Å². The molecule has 2 heterocycles. The van der Waals surface area contributed by atoms with Gasteiger partial charge in [0.1, 0.15) is 0 Å². The van der Waals surface area contributed by atoms with Crippen LogP contribution in [0.15, 0.2) is 34.9 Å². The highest BCUT2D eigenvalue weighted by molar-refractivity contribution is 6.33. The monoisotopic (exact) mass is 375 g/mol. The molecule has 0 unspecified atom stereocenters. The zero-order valence-corrected chi connectivity index (χ0v) is 16.0. The zero-order valence-electron chi connectivity index (χ0n) is 15.2. The lowest BCUT2D eigenvalue weighted by atomic mass is 9.93. The molecule has 1 aliphatic rings. The molecular formula is C20H26ClN3O2. The third-order valence-electron chi connectivity index (χ3n) is 5.02. The molecule has 2 aromatic rings. The van der Waals surface area contributed by atoms with E-state index in [0.29, 0.717) is 29.5 Å². The molecule has 1 aromatic heterocycles. The van der Waals surface area contributed by atoms with Crippen LogP contribution in [0.5, 0.6) is 0 Å². The quantitative estimate of drug-likeness (QED) is 0.800. The minimum absolute atomic E-state index is 0.189. The van der Waals surface area contributed by atoms with Gasteiger partial charge in [-0.25, -0.2) is 4.98 Å². The summed E-state index contributed by atoms with van der Waals surface area (Å²) in [4.78, 5) is 18.7. The SMILES string of the molecule is CNCCC1CCN(C(=O)CCc2ncc(-c3ccccc3Cl)o2)CC1. The molecular weight excluding hydrogens is 350 g/mol. The van der Waals surface area contributed by atoms with Crippen LogP contribution >= 0.6 is 11.6 Å². The highest BCUT2D eigenvalue weighted by Crippen LogP contribution is 2.28. The van der Waals surface area contributed by atoms with Crippen molar-refractivity contribution in [2.75, 3.05) is 26.7 Å². The van der Waals surface area contributed by atoms with Gasteiger partial charge in [-0.05, 0) is 50.9 Å². The summed E-state index contributed by atoms with van der Waals surface area (Å²) >= 11 is 6.19. The van der Waals surface area contributed by atoms with Gasteiger partial charge in [0, 0.05) is 31.5 Å². The van der Waals surface area contributed by atoms with Crippen LogP contribution in [0.3, 0.4) is 0 Å². The second-order valence-corrected chi connectivity index (χ2v) is 7.22. The zero-order chi connectivity index (χ0) is 18.4. The van der Waals surface area contributed by atoms with Gasteiger partial charge >= 0.3 is 0 Å². The van der Waals surface area contributed by atoms with E-state index in [0.717, 1.165) is 44.0 Å². The Hall–Kier alpha value is -1.85. The normalized spacial score (nSPS) is 15.4. The predicted octanol–water partition coefficient (Wildman–Crippen LogP) is 3.78. The Bertz CT molecular complexity index is 723. The summed E-state index contributed by atoms with van der Waals surface area (Å²) in [6.07, 6.45) is 6.02. The molecule has 1 aromatic carbocycles. The van der Waals surface area contributed by atoms with E-state index in [-0.39, 0.29) is 5.91 Å². The van der Waals surface area contributed by atoms with Crippen molar-refractivity contribution in [3.05, 3.63) is 41.4 Å². The molecule has 6 heteroatoms. The number of nitrogens with zero attached hydrogens (tertiary/aromatic N) is 2. The second-order valence-electron chi connectivity index (χ2n) is 6.81. The van der Waals surface area contributed by atoms with E-state index in [1.165, 1.54) is 6.42 Å². The summed E-state index contributed by atoms with van der Waals surface area (Å²) in [6, 6.07) is 7.51. The van der Waals surface area contributed by atoms with Crippen molar-refractivity contribution in [1.29, 1.82) is 0 Å². The van der Waals surface area contributed by atoms with Gasteiger partial charge in [-0.15, -0.1) is 0 Å². The fourth-order valence-electron chi connectivity index (χ4n) is 3.40. The first-order valence-electron chi connectivity index (χ1n) is 9.29. The Morgan fingerprint density at radius 2 is 2.12 bits per heavy atom. The van der Waals surface area contributed by atoms with E-state index in [1.807, 2.05) is 36.2 Å². The average Bonchev–Trinajstić information content (AvgIpc) is 3.14. The molecule has 0 atom stereocenters. The third kappa shape index (κ3) is 4.86. The molecule has 1 amide bonds. The molecule has 3 rings (SSSR count). The maximum absolute atomic E-state index is 12.4. The topological polar surface area (TPSA) is 58.4 Å². The van der Waals surface area contributed by atoms with Gasteiger partial charge in [-0.1, -0.05) is 23.7 Å². The molecule has 140 valence electrons. The van der Waals surface area contributed by atoms with Crippen LogP contribution in [0.2, 0.25) is 5.02 Å². The molecule has 1 fully saturated rings. The van der Waals surface area contributed by atoms with Crippen molar-refractivity contribution >= 4 is 17.5 Å². The van der Waals surface area contributed by atoms with Crippen molar-refractivity contribution in [2.45, 2.75) is 32.1 Å². The van der Waals surface area contributed by atoms with Gasteiger partial charge < -0.3 is 14.6 Å². The lowest BCUT2D eigenvalue weighted by Crippen LogP contribution is -2.39. The smallest absolute Gasteiger partial charge is 0.223 e. The molecule has 0 radical (unpaired) electrons. The molecule has 5 nitrogen and oxygen atoms in total. The van der Waals surface area contributed by atoms with E-state index in [2.05, 4.69) is 10.3 Å².